The van der Waals surface area contributed by atoms with Crippen LogP contribution in [0.1, 0.15) is 15.9 Å². The Hall–Kier alpha value is -2.67. The number of carbonyl (C=O) groups excluding carboxylic acids is 1. The van der Waals surface area contributed by atoms with Crippen molar-refractivity contribution in [3.63, 3.8) is 0 Å². The van der Waals surface area contributed by atoms with Crippen molar-refractivity contribution >= 4 is 28.8 Å². The Morgan fingerprint density at radius 3 is 2.38 bits per heavy atom. The van der Waals surface area contributed by atoms with Crippen LogP contribution in [-0.4, -0.2) is 21.1 Å². The van der Waals surface area contributed by atoms with Crippen LogP contribution < -0.4 is 11.1 Å². The lowest BCUT2D eigenvalue weighted by Crippen LogP contribution is -2.18. The second kappa shape index (κ2) is 5.76. The van der Waals surface area contributed by atoms with Gasteiger partial charge in [0.15, 0.2) is 0 Å². The van der Waals surface area contributed by atoms with Gasteiger partial charge >= 0.3 is 0 Å². The molecule has 2 rings (SSSR count). The zero-order chi connectivity index (χ0) is 15.6. The number of nitrogens with two attached hydrogens (primary N) is 1. The number of halogens is 1. The maximum atomic E-state index is 13.2. The Balaban J connectivity index is 2.39. The molecule has 0 bridgehead atoms. The summed E-state index contributed by atoms with van der Waals surface area (Å²) in [4.78, 5) is 12.0. The summed E-state index contributed by atoms with van der Waals surface area (Å²) in [6.45, 7) is 0. The fourth-order valence-corrected chi connectivity index (χ4v) is 1.94. The Morgan fingerprint density at radius 1 is 1.19 bits per heavy atom. The number of aromatic hydroxyl groups is 2. The summed E-state index contributed by atoms with van der Waals surface area (Å²) >= 11 is 4.79. The molecule has 108 valence electrons. The topological polar surface area (TPSA) is 95.6 Å². The molecule has 0 fully saturated rings. The van der Waals surface area contributed by atoms with Crippen LogP contribution in [-0.2, 0) is 0 Å². The summed E-state index contributed by atoms with van der Waals surface area (Å²) < 4.78 is 13.2. The Morgan fingerprint density at radius 2 is 1.81 bits per heavy atom. The second-order valence-corrected chi connectivity index (χ2v) is 4.62. The van der Waals surface area contributed by atoms with Crippen molar-refractivity contribution in [3.8, 4) is 11.5 Å². The van der Waals surface area contributed by atoms with Gasteiger partial charge in [-0.1, -0.05) is 18.3 Å². The van der Waals surface area contributed by atoms with E-state index in [9.17, 15) is 19.4 Å². The van der Waals surface area contributed by atoms with Crippen molar-refractivity contribution in [2.75, 3.05) is 5.32 Å². The third kappa shape index (κ3) is 3.09. The molecule has 0 saturated carbocycles. The molecule has 0 aliphatic heterocycles. The van der Waals surface area contributed by atoms with E-state index < -0.39 is 11.7 Å². The number of hydrogen-bond acceptors (Lipinski definition) is 4. The maximum absolute atomic E-state index is 13.2. The number of nitrogens with one attached hydrogen (secondary N) is 1. The van der Waals surface area contributed by atoms with Gasteiger partial charge < -0.3 is 21.3 Å². The van der Waals surface area contributed by atoms with E-state index in [0.29, 0.717) is 0 Å². The van der Waals surface area contributed by atoms with Gasteiger partial charge in [-0.2, -0.15) is 0 Å². The molecular weight excluding hydrogens is 295 g/mol. The van der Waals surface area contributed by atoms with Crippen LogP contribution >= 0.6 is 12.2 Å². The number of thiocarbonyl (C=S) groups is 1. The van der Waals surface area contributed by atoms with E-state index in [1.54, 1.807) is 0 Å². The van der Waals surface area contributed by atoms with Crippen molar-refractivity contribution in [2.24, 2.45) is 5.73 Å². The molecule has 0 spiro atoms. The van der Waals surface area contributed by atoms with E-state index in [2.05, 4.69) is 5.32 Å². The first-order valence-electron chi connectivity index (χ1n) is 5.82. The highest BCUT2D eigenvalue weighted by atomic mass is 32.1. The smallest absolute Gasteiger partial charge is 0.263 e. The quantitative estimate of drug-likeness (QED) is 0.652. The zero-order valence-electron chi connectivity index (χ0n) is 10.6. The number of carbonyl (C=O) groups is 1. The molecule has 2 aromatic carbocycles. The molecule has 1 amide bonds. The average molecular weight is 306 g/mol. The average Bonchev–Trinajstić information content (AvgIpc) is 2.40. The predicted molar refractivity (Wildman–Crippen MR) is 80.0 cm³/mol. The minimum Gasteiger partial charge on any atom is -0.507 e. The van der Waals surface area contributed by atoms with Gasteiger partial charge in [0.1, 0.15) is 27.9 Å². The predicted octanol–water partition coefficient (Wildman–Crippen LogP) is 2.12. The first-order valence-corrected chi connectivity index (χ1v) is 6.22. The van der Waals surface area contributed by atoms with Crippen LogP contribution in [0.2, 0.25) is 0 Å². The summed E-state index contributed by atoms with van der Waals surface area (Å²) in [6.07, 6.45) is 0. The van der Waals surface area contributed by atoms with Crippen LogP contribution in [0.15, 0.2) is 36.4 Å². The Kier molecular flexibility index (Phi) is 4.04. The minimum absolute atomic E-state index is 0.0914. The molecule has 0 radical (unpaired) electrons. The van der Waals surface area contributed by atoms with Crippen molar-refractivity contribution < 1.29 is 19.4 Å². The molecule has 0 aliphatic carbocycles. The monoisotopic (exact) mass is 306 g/mol. The van der Waals surface area contributed by atoms with Crippen LogP contribution in [0.25, 0.3) is 0 Å². The van der Waals surface area contributed by atoms with Gasteiger partial charge in [0.2, 0.25) is 0 Å². The highest BCUT2D eigenvalue weighted by molar-refractivity contribution is 7.80. The first-order chi connectivity index (χ1) is 9.90. The number of anilines is 1. The fraction of sp³-hybridized carbons (Fsp3) is 0. The molecule has 0 unspecified atom stereocenters. The van der Waals surface area contributed by atoms with E-state index in [-0.39, 0.29) is 33.3 Å². The maximum Gasteiger partial charge on any atom is 0.263 e. The van der Waals surface area contributed by atoms with E-state index >= 15 is 0 Å². The summed E-state index contributed by atoms with van der Waals surface area (Å²) in [5.41, 5.74) is 5.50. The second-order valence-electron chi connectivity index (χ2n) is 4.18. The van der Waals surface area contributed by atoms with Gasteiger partial charge in [-0.15, -0.1) is 0 Å². The van der Waals surface area contributed by atoms with Gasteiger partial charge in [-0.05, 0) is 30.3 Å². The van der Waals surface area contributed by atoms with Crippen molar-refractivity contribution in [1.82, 2.24) is 0 Å². The standard InChI is InChI=1S/C14H11FN2O3S/c15-7-4-5-9(8(6-7)13(16)21)17-14(20)12-10(18)2-1-3-11(12)19/h1-6,18-19H,(H2,16,21)(H,17,20). The molecule has 0 saturated heterocycles. The van der Waals surface area contributed by atoms with Crippen molar-refractivity contribution in [1.29, 1.82) is 0 Å². The lowest BCUT2D eigenvalue weighted by molar-refractivity contribution is 0.102. The van der Waals surface area contributed by atoms with E-state index in [0.717, 1.165) is 12.1 Å². The number of phenolic OH excluding ortho intramolecular Hbond substituents is 2. The zero-order valence-corrected chi connectivity index (χ0v) is 11.4. The highest BCUT2D eigenvalue weighted by Crippen LogP contribution is 2.28. The normalized spacial score (nSPS) is 10.1. The first kappa shape index (κ1) is 14.7. The van der Waals surface area contributed by atoms with E-state index in [4.69, 9.17) is 18.0 Å². The molecule has 0 heterocycles. The van der Waals surface area contributed by atoms with E-state index in [1.807, 2.05) is 0 Å². The number of amides is 1. The molecule has 7 heteroatoms. The number of benzene rings is 2. The Labute approximate surface area is 124 Å². The molecule has 2 aromatic rings. The molecule has 0 aliphatic rings. The largest absolute Gasteiger partial charge is 0.507 e. The van der Waals surface area contributed by atoms with Crippen LogP contribution in [0.3, 0.4) is 0 Å². The summed E-state index contributed by atoms with van der Waals surface area (Å²) in [7, 11) is 0. The van der Waals surface area contributed by atoms with Crippen molar-refractivity contribution in [3.05, 3.63) is 53.3 Å². The highest BCUT2D eigenvalue weighted by Gasteiger charge is 2.18. The Bertz CT molecular complexity index is 714. The van der Waals surface area contributed by atoms with Gasteiger partial charge in [0.05, 0.1) is 5.69 Å². The molecule has 0 aromatic heterocycles. The number of hydrogen-bond donors (Lipinski definition) is 4. The molecule has 5 nitrogen and oxygen atoms in total. The summed E-state index contributed by atoms with van der Waals surface area (Å²) in [5.74, 6) is -2.09. The lowest BCUT2D eigenvalue weighted by atomic mass is 10.1. The third-order valence-electron chi connectivity index (χ3n) is 2.74. The molecular formula is C14H11FN2O3S. The van der Waals surface area contributed by atoms with Gasteiger partial charge in [0, 0.05) is 5.56 Å². The summed E-state index contributed by atoms with van der Waals surface area (Å²) in [5, 5.41) is 21.7. The van der Waals surface area contributed by atoms with Gasteiger partial charge in [0.25, 0.3) is 5.91 Å². The lowest BCUT2D eigenvalue weighted by Gasteiger charge is -2.12. The molecule has 5 N–H and O–H groups in total. The molecule has 0 atom stereocenters. The van der Waals surface area contributed by atoms with Crippen LogP contribution in [0.4, 0.5) is 10.1 Å². The van der Waals surface area contributed by atoms with Gasteiger partial charge in [-0.3, -0.25) is 4.79 Å². The van der Waals surface area contributed by atoms with Crippen LogP contribution in [0.5, 0.6) is 11.5 Å². The van der Waals surface area contributed by atoms with Crippen molar-refractivity contribution in [2.45, 2.75) is 0 Å². The third-order valence-corrected chi connectivity index (χ3v) is 2.96. The van der Waals surface area contributed by atoms with E-state index in [1.165, 1.54) is 24.3 Å². The SMILES string of the molecule is NC(=S)c1cc(F)ccc1NC(=O)c1c(O)cccc1O. The summed E-state index contributed by atoms with van der Waals surface area (Å²) in [6, 6.07) is 7.41. The number of rotatable bonds is 3. The number of phenols is 2. The van der Waals surface area contributed by atoms with Gasteiger partial charge in [-0.25, -0.2) is 4.39 Å². The van der Waals surface area contributed by atoms with Crippen LogP contribution in [0, 0.1) is 5.82 Å². The molecule has 21 heavy (non-hydrogen) atoms. The fourth-order valence-electron chi connectivity index (χ4n) is 1.78. The minimum atomic E-state index is -0.769.